The van der Waals surface area contributed by atoms with E-state index in [1.165, 1.54) is 12.1 Å². The van der Waals surface area contributed by atoms with Gasteiger partial charge in [-0.25, -0.2) is 9.59 Å². The van der Waals surface area contributed by atoms with Crippen LogP contribution < -0.4 is 5.32 Å². The van der Waals surface area contributed by atoms with Crippen molar-refractivity contribution in [3.05, 3.63) is 59.5 Å². The molecular formula is C17H20N2O4. The van der Waals surface area contributed by atoms with Crippen LogP contribution in [0.15, 0.2) is 47.1 Å². The van der Waals surface area contributed by atoms with Gasteiger partial charge >= 0.3 is 12.0 Å². The number of carboxylic acid groups (broad SMARTS) is 1. The standard InChI is InChI=1S/C17H20N2O4/c1-12(2)19(11-15-4-3-9-23-15)17(22)18-10-13-5-7-14(8-6-13)16(20)21/h3-9,12H,10-11H2,1-2H3,(H,18,22)(H,20,21). The molecule has 0 fully saturated rings. The number of amides is 2. The summed E-state index contributed by atoms with van der Waals surface area (Å²) in [7, 11) is 0. The summed E-state index contributed by atoms with van der Waals surface area (Å²) >= 11 is 0. The zero-order chi connectivity index (χ0) is 16.8. The minimum Gasteiger partial charge on any atom is -0.478 e. The lowest BCUT2D eigenvalue weighted by Crippen LogP contribution is -2.43. The number of nitrogens with zero attached hydrogens (tertiary/aromatic N) is 1. The van der Waals surface area contributed by atoms with Gasteiger partial charge < -0.3 is 19.7 Å². The van der Waals surface area contributed by atoms with E-state index >= 15 is 0 Å². The van der Waals surface area contributed by atoms with Crippen LogP contribution in [0, 0.1) is 0 Å². The summed E-state index contributed by atoms with van der Waals surface area (Å²) in [5.74, 6) is -0.246. The van der Waals surface area contributed by atoms with Gasteiger partial charge in [0.1, 0.15) is 5.76 Å². The number of carbonyl (C=O) groups is 2. The molecule has 122 valence electrons. The lowest BCUT2D eigenvalue weighted by molar-refractivity contribution is 0.0697. The maximum atomic E-state index is 12.3. The van der Waals surface area contributed by atoms with E-state index in [4.69, 9.17) is 9.52 Å². The van der Waals surface area contributed by atoms with E-state index in [2.05, 4.69) is 5.32 Å². The van der Waals surface area contributed by atoms with E-state index in [1.54, 1.807) is 29.4 Å². The van der Waals surface area contributed by atoms with E-state index in [0.717, 1.165) is 11.3 Å². The first kappa shape index (κ1) is 16.6. The molecule has 2 aromatic rings. The Morgan fingerprint density at radius 2 is 1.91 bits per heavy atom. The third kappa shape index (κ3) is 4.60. The van der Waals surface area contributed by atoms with Crippen molar-refractivity contribution < 1.29 is 19.1 Å². The Bertz CT molecular complexity index is 648. The summed E-state index contributed by atoms with van der Waals surface area (Å²) in [6, 6.07) is 9.86. The van der Waals surface area contributed by atoms with Crippen LogP contribution in [0.5, 0.6) is 0 Å². The van der Waals surface area contributed by atoms with Gasteiger partial charge in [0.15, 0.2) is 0 Å². The molecule has 1 aromatic carbocycles. The zero-order valence-corrected chi connectivity index (χ0v) is 13.2. The number of carbonyl (C=O) groups excluding carboxylic acids is 1. The normalized spacial score (nSPS) is 10.6. The quantitative estimate of drug-likeness (QED) is 0.858. The minimum atomic E-state index is -0.968. The summed E-state index contributed by atoms with van der Waals surface area (Å²) < 4.78 is 5.29. The molecule has 0 atom stereocenters. The Morgan fingerprint density at radius 1 is 1.22 bits per heavy atom. The van der Waals surface area contributed by atoms with Crippen molar-refractivity contribution in [2.45, 2.75) is 33.0 Å². The van der Waals surface area contributed by atoms with Crippen molar-refractivity contribution in [1.29, 1.82) is 0 Å². The molecule has 1 heterocycles. The third-order valence-corrected chi connectivity index (χ3v) is 3.44. The lowest BCUT2D eigenvalue weighted by Gasteiger charge is -2.26. The predicted molar refractivity (Wildman–Crippen MR) is 85.0 cm³/mol. The molecule has 23 heavy (non-hydrogen) atoms. The van der Waals surface area contributed by atoms with Crippen molar-refractivity contribution in [2.75, 3.05) is 0 Å². The number of urea groups is 1. The fourth-order valence-corrected chi connectivity index (χ4v) is 2.10. The number of aromatic carboxylic acids is 1. The fourth-order valence-electron chi connectivity index (χ4n) is 2.10. The van der Waals surface area contributed by atoms with Gasteiger partial charge in [-0.2, -0.15) is 0 Å². The summed E-state index contributed by atoms with van der Waals surface area (Å²) in [5, 5.41) is 11.7. The van der Waals surface area contributed by atoms with E-state index in [-0.39, 0.29) is 17.6 Å². The molecule has 2 amide bonds. The maximum absolute atomic E-state index is 12.3. The second-order valence-electron chi connectivity index (χ2n) is 5.46. The van der Waals surface area contributed by atoms with E-state index in [9.17, 15) is 9.59 Å². The summed E-state index contributed by atoms with van der Waals surface area (Å²) in [5.41, 5.74) is 1.06. The highest BCUT2D eigenvalue weighted by molar-refractivity contribution is 5.87. The fraction of sp³-hybridized carbons (Fsp3) is 0.294. The first-order valence-electron chi connectivity index (χ1n) is 7.36. The van der Waals surface area contributed by atoms with Crippen LogP contribution in [0.1, 0.15) is 35.5 Å². The SMILES string of the molecule is CC(C)N(Cc1ccco1)C(=O)NCc1ccc(C(=O)O)cc1. The van der Waals surface area contributed by atoms with Crippen LogP contribution in [0.4, 0.5) is 4.79 Å². The zero-order valence-electron chi connectivity index (χ0n) is 13.2. The Labute approximate surface area is 134 Å². The van der Waals surface area contributed by atoms with Gasteiger partial charge in [0.25, 0.3) is 0 Å². The van der Waals surface area contributed by atoms with E-state index in [0.29, 0.717) is 13.1 Å². The molecule has 0 spiro atoms. The second kappa shape index (κ2) is 7.49. The molecule has 0 aliphatic carbocycles. The van der Waals surface area contributed by atoms with Crippen LogP contribution >= 0.6 is 0 Å². The summed E-state index contributed by atoms with van der Waals surface area (Å²) in [4.78, 5) is 24.8. The minimum absolute atomic E-state index is 0.0227. The third-order valence-electron chi connectivity index (χ3n) is 3.44. The summed E-state index contributed by atoms with van der Waals surface area (Å²) in [6.45, 7) is 4.60. The Balaban J connectivity index is 1.94. The van der Waals surface area contributed by atoms with Gasteiger partial charge in [-0.3, -0.25) is 0 Å². The largest absolute Gasteiger partial charge is 0.478 e. The van der Waals surface area contributed by atoms with Crippen LogP contribution in [0.25, 0.3) is 0 Å². The van der Waals surface area contributed by atoms with E-state index in [1.807, 2.05) is 19.9 Å². The highest BCUT2D eigenvalue weighted by Gasteiger charge is 2.18. The van der Waals surface area contributed by atoms with Crippen molar-refractivity contribution in [2.24, 2.45) is 0 Å². The van der Waals surface area contributed by atoms with Gasteiger partial charge in [0.05, 0.1) is 18.4 Å². The highest BCUT2D eigenvalue weighted by atomic mass is 16.4. The Kier molecular flexibility index (Phi) is 5.41. The first-order chi connectivity index (χ1) is 11.0. The number of rotatable bonds is 6. The molecule has 0 saturated heterocycles. The molecule has 2 N–H and O–H groups in total. The molecule has 1 aromatic heterocycles. The van der Waals surface area contributed by atoms with Crippen LogP contribution in [0.3, 0.4) is 0 Å². The molecule has 0 bridgehead atoms. The van der Waals surface area contributed by atoms with Crippen molar-refractivity contribution in [1.82, 2.24) is 10.2 Å². The maximum Gasteiger partial charge on any atom is 0.335 e. The molecule has 0 radical (unpaired) electrons. The number of hydrogen-bond acceptors (Lipinski definition) is 3. The molecule has 0 aliphatic heterocycles. The molecule has 6 heteroatoms. The van der Waals surface area contributed by atoms with Crippen molar-refractivity contribution in [3.63, 3.8) is 0 Å². The molecule has 0 aliphatic rings. The van der Waals surface area contributed by atoms with Crippen molar-refractivity contribution in [3.8, 4) is 0 Å². The lowest BCUT2D eigenvalue weighted by atomic mass is 10.1. The number of hydrogen-bond donors (Lipinski definition) is 2. The number of carboxylic acids is 1. The Morgan fingerprint density at radius 3 is 2.43 bits per heavy atom. The molecule has 6 nitrogen and oxygen atoms in total. The van der Waals surface area contributed by atoms with Gasteiger partial charge in [-0.1, -0.05) is 12.1 Å². The molecule has 2 rings (SSSR count). The average Bonchev–Trinajstić information content (AvgIpc) is 3.03. The van der Waals surface area contributed by atoms with Crippen LogP contribution in [0.2, 0.25) is 0 Å². The van der Waals surface area contributed by atoms with Crippen LogP contribution in [-0.2, 0) is 13.1 Å². The number of nitrogens with one attached hydrogen (secondary N) is 1. The molecule has 0 unspecified atom stereocenters. The van der Waals surface area contributed by atoms with Gasteiger partial charge in [-0.15, -0.1) is 0 Å². The highest BCUT2D eigenvalue weighted by Crippen LogP contribution is 2.10. The summed E-state index contributed by atoms with van der Waals surface area (Å²) in [6.07, 6.45) is 1.58. The predicted octanol–water partition coefficient (Wildman–Crippen LogP) is 3.10. The van der Waals surface area contributed by atoms with Crippen molar-refractivity contribution >= 4 is 12.0 Å². The molecular weight excluding hydrogens is 296 g/mol. The Hall–Kier alpha value is -2.76. The smallest absolute Gasteiger partial charge is 0.335 e. The van der Waals surface area contributed by atoms with Gasteiger partial charge in [0.2, 0.25) is 0 Å². The van der Waals surface area contributed by atoms with Crippen LogP contribution in [-0.4, -0.2) is 28.0 Å². The second-order valence-corrected chi connectivity index (χ2v) is 5.46. The van der Waals surface area contributed by atoms with Gasteiger partial charge in [-0.05, 0) is 43.7 Å². The number of benzene rings is 1. The topological polar surface area (TPSA) is 82.8 Å². The van der Waals surface area contributed by atoms with Gasteiger partial charge in [0, 0.05) is 12.6 Å². The average molecular weight is 316 g/mol. The molecule has 0 saturated carbocycles. The van der Waals surface area contributed by atoms with E-state index < -0.39 is 5.97 Å². The monoisotopic (exact) mass is 316 g/mol. The first-order valence-corrected chi connectivity index (χ1v) is 7.36. The number of furan rings is 1.